The predicted octanol–water partition coefficient (Wildman–Crippen LogP) is 2.27. The second-order valence-corrected chi connectivity index (χ2v) is 8.98. The van der Waals surface area contributed by atoms with Crippen LogP contribution in [-0.4, -0.2) is 65.9 Å². The molecule has 1 fully saturated rings. The minimum Gasteiger partial charge on any atom is -0.372 e. The van der Waals surface area contributed by atoms with Gasteiger partial charge in [-0.15, -0.1) is 0 Å². The van der Waals surface area contributed by atoms with Gasteiger partial charge in [-0.1, -0.05) is 0 Å². The van der Waals surface area contributed by atoms with E-state index in [0.717, 1.165) is 18.8 Å². The van der Waals surface area contributed by atoms with Crippen molar-refractivity contribution in [2.75, 3.05) is 44.4 Å². The van der Waals surface area contributed by atoms with E-state index in [9.17, 15) is 14.0 Å². The lowest BCUT2D eigenvalue weighted by atomic mass is 9.99. The molecule has 0 saturated heterocycles. The molecule has 2 atom stereocenters. The van der Waals surface area contributed by atoms with Gasteiger partial charge in [-0.3, -0.25) is 14.6 Å². The average Bonchev–Trinajstić information content (AvgIpc) is 3.62. The summed E-state index contributed by atoms with van der Waals surface area (Å²) in [6.45, 7) is 1.78. The quantitative estimate of drug-likeness (QED) is 0.454. The molecule has 2 aromatic heterocycles. The summed E-state index contributed by atoms with van der Waals surface area (Å²) in [5, 5.41) is 2.66. The lowest BCUT2D eigenvalue weighted by Gasteiger charge is -2.21. The Morgan fingerprint density at radius 3 is 2.46 bits per heavy atom. The third-order valence-electron chi connectivity index (χ3n) is 6.24. The van der Waals surface area contributed by atoms with Crippen LogP contribution in [0.1, 0.15) is 18.0 Å². The van der Waals surface area contributed by atoms with E-state index in [2.05, 4.69) is 30.1 Å². The molecular formula is C25H28FN7O2. The Hall–Kier alpha value is -3.92. The summed E-state index contributed by atoms with van der Waals surface area (Å²) in [5.74, 6) is -1.78. The average molecular weight is 478 g/mol. The Balaban J connectivity index is 1.51. The normalized spacial score (nSPS) is 18.8. The lowest BCUT2D eigenvalue weighted by Crippen LogP contribution is -2.37. The number of benzene rings is 1. The van der Waals surface area contributed by atoms with Gasteiger partial charge in [0.05, 0.1) is 11.9 Å². The summed E-state index contributed by atoms with van der Waals surface area (Å²) in [5.41, 5.74) is 6.70. The number of nitrogens with one attached hydrogen (secondary N) is 1. The van der Waals surface area contributed by atoms with Gasteiger partial charge in [0.15, 0.2) is 5.82 Å². The van der Waals surface area contributed by atoms with Crippen molar-refractivity contribution in [1.82, 2.24) is 19.9 Å². The van der Waals surface area contributed by atoms with Gasteiger partial charge in [0.1, 0.15) is 16.9 Å². The monoisotopic (exact) mass is 477 g/mol. The van der Waals surface area contributed by atoms with Crippen molar-refractivity contribution >= 4 is 23.2 Å². The van der Waals surface area contributed by atoms with E-state index in [0.29, 0.717) is 22.9 Å². The highest BCUT2D eigenvalue weighted by atomic mass is 19.1. The summed E-state index contributed by atoms with van der Waals surface area (Å²) in [6, 6.07) is 10.8. The number of likely N-dealkylation sites (N-methyl/N-ethyl adjacent to an activating group) is 2. The molecule has 9 nitrogen and oxygen atoms in total. The van der Waals surface area contributed by atoms with Gasteiger partial charge in [0.2, 0.25) is 11.8 Å². The van der Waals surface area contributed by atoms with Crippen molar-refractivity contribution in [1.29, 1.82) is 0 Å². The molecule has 182 valence electrons. The molecule has 0 radical (unpaired) electrons. The highest BCUT2D eigenvalue weighted by Gasteiger charge is 2.66. The smallest absolute Gasteiger partial charge is 0.240 e. The number of hydrogen-bond donors (Lipinski definition) is 2. The second kappa shape index (κ2) is 9.75. The number of pyridine rings is 1. The summed E-state index contributed by atoms with van der Waals surface area (Å²) >= 11 is 0. The van der Waals surface area contributed by atoms with Crippen LogP contribution in [0.15, 0.2) is 54.9 Å². The number of aromatic nitrogens is 3. The van der Waals surface area contributed by atoms with Crippen LogP contribution in [0.5, 0.6) is 0 Å². The molecular weight excluding hydrogens is 449 g/mol. The number of nitrogens with zero attached hydrogens (tertiary/aromatic N) is 5. The number of hydrogen-bond acceptors (Lipinski definition) is 7. The van der Waals surface area contributed by atoms with Crippen molar-refractivity contribution < 1.29 is 14.0 Å². The zero-order valence-corrected chi connectivity index (χ0v) is 19.9. The number of rotatable bonds is 9. The van der Waals surface area contributed by atoms with E-state index < -0.39 is 29.0 Å². The van der Waals surface area contributed by atoms with E-state index in [1.54, 1.807) is 18.5 Å². The SMILES string of the molecule is CN(C)CCN(C)c1ccc(-c2nccc(C3CC3(C(N)=O)C(=O)Nc3ccc(F)cc3)n2)nc1. The van der Waals surface area contributed by atoms with Crippen molar-refractivity contribution in [3.63, 3.8) is 0 Å². The van der Waals surface area contributed by atoms with E-state index >= 15 is 0 Å². The maximum Gasteiger partial charge on any atom is 0.240 e. The molecule has 1 aliphatic rings. The maximum absolute atomic E-state index is 13.2. The first-order valence-corrected chi connectivity index (χ1v) is 11.2. The van der Waals surface area contributed by atoms with Crippen LogP contribution in [0.25, 0.3) is 11.5 Å². The molecule has 1 aromatic carbocycles. The molecule has 3 aromatic rings. The molecule has 0 aliphatic heterocycles. The van der Waals surface area contributed by atoms with Crippen molar-refractivity contribution in [3.05, 3.63) is 66.4 Å². The number of nitrogens with two attached hydrogens (primary N) is 1. The highest BCUT2D eigenvalue weighted by Crippen LogP contribution is 2.59. The van der Waals surface area contributed by atoms with E-state index in [-0.39, 0.29) is 6.42 Å². The summed E-state index contributed by atoms with van der Waals surface area (Å²) in [4.78, 5) is 43.0. The third kappa shape index (κ3) is 5.12. The van der Waals surface area contributed by atoms with Crippen LogP contribution < -0.4 is 16.0 Å². The van der Waals surface area contributed by atoms with E-state index in [4.69, 9.17) is 5.73 Å². The lowest BCUT2D eigenvalue weighted by molar-refractivity contribution is -0.132. The molecule has 10 heteroatoms. The standard InChI is InChI=1S/C25H28FN7O2/c1-32(2)12-13-33(3)18-8-9-21(29-15-18)22-28-11-10-20(31-22)19-14-25(19,23(27)34)24(35)30-17-6-4-16(26)5-7-17/h4-11,15,19H,12-14H2,1-3H3,(H2,27,34)(H,30,35). The van der Waals surface area contributed by atoms with Crippen molar-refractivity contribution in [3.8, 4) is 11.5 Å². The van der Waals surface area contributed by atoms with E-state index in [1.807, 2.05) is 33.3 Å². The van der Waals surface area contributed by atoms with Gasteiger partial charge in [-0.05, 0) is 63.0 Å². The largest absolute Gasteiger partial charge is 0.372 e. The number of halogens is 1. The Morgan fingerprint density at radius 1 is 1.09 bits per heavy atom. The maximum atomic E-state index is 13.2. The molecule has 2 amide bonds. The molecule has 0 bridgehead atoms. The first-order chi connectivity index (χ1) is 16.7. The second-order valence-electron chi connectivity index (χ2n) is 8.98. The summed E-state index contributed by atoms with van der Waals surface area (Å²) in [6.07, 6.45) is 3.58. The number of carbonyl (C=O) groups excluding carboxylic acids is 2. The Kier molecular flexibility index (Phi) is 6.74. The molecule has 4 rings (SSSR count). The Morgan fingerprint density at radius 2 is 1.83 bits per heavy atom. The van der Waals surface area contributed by atoms with Crippen LogP contribution in [-0.2, 0) is 9.59 Å². The summed E-state index contributed by atoms with van der Waals surface area (Å²) < 4.78 is 13.2. The fourth-order valence-corrected chi connectivity index (χ4v) is 3.94. The number of carbonyl (C=O) groups is 2. The molecule has 0 spiro atoms. The Labute approximate surface area is 203 Å². The molecule has 2 unspecified atom stereocenters. The number of primary amides is 1. The third-order valence-corrected chi connectivity index (χ3v) is 6.24. The highest BCUT2D eigenvalue weighted by molar-refractivity contribution is 6.14. The van der Waals surface area contributed by atoms with Crippen LogP contribution in [0.4, 0.5) is 15.8 Å². The van der Waals surface area contributed by atoms with Crippen LogP contribution in [0, 0.1) is 11.2 Å². The molecule has 1 aliphatic carbocycles. The minimum atomic E-state index is -1.42. The van der Waals surface area contributed by atoms with Crippen LogP contribution in [0.2, 0.25) is 0 Å². The van der Waals surface area contributed by atoms with Gasteiger partial charge < -0.3 is 20.9 Å². The van der Waals surface area contributed by atoms with Gasteiger partial charge in [-0.2, -0.15) is 0 Å². The fourth-order valence-electron chi connectivity index (χ4n) is 3.94. The first-order valence-electron chi connectivity index (χ1n) is 11.2. The van der Waals surface area contributed by atoms with Gasteiger partial charge in [0, 0.05) is 43.6 Å². The number of anilines is 2. The first kappa shape index (κ1) is 24.2. The minimum absolute atomic E-state index is 0.231. The molecule has 1 saturated carbocycles. The van der Waals surface area contributed by atoms with Crippen LogP contribution >= 0.6 is 0 Å². The zero-order valence-electron chi connectivity index (χ0n) is 19.9. The molecule has 2 heterocycles. The van der Waals surface area contributed by atoms with Gasteiger partial charge in [-0.25, -0.2) is 14.4 Å². The predicted molar refractivity (Wildman–Crippen MR) is 131 cm³/mol. The van der Waals surface area contributed by atoms with Gasteiger partial charge >= 0.3 is 0 Å². The topological polar surface area (TPSA) is 117 Å². The van der Waals surface area contributed by atoms with Crippen LogP contribution in [0.3, 0.4) is 0 Å². The molecule has 3 N–H and O–H groups in total. The van der Waals surface area contributed by atoms with Crippen molar-refractivity contribution in [2.24, 2.45) is 11.1 Å². The zero-order chi connectivity index (χ0) is 25.2. The van der Waals surface area contributed by atoms with Crippen molar-refractivity contribution in [2.45, 2.75) is 12.3 Å². The molecule has 35 heavy (non-hydrogen) atoms. The fraction of sp³-hybridized carbons (Fsp3) is 0.320. The number of amides is 2. The van der Waals surface area contributed by atoms with Gasteiger partial charge in [0.25, 0.3) is 0 Å². The van der Waals surface area contributed by atoms with E-state index in [1.165, 1.54) is 24.3 Å². The Bertz CT molecular complexity index is 1220. The summed E-state index contributed by atoms with van der Waals surface area (Å²) in [7, 11) is 6.06.